The second-order valence-electron chi connectivity index (χ2n) is 6.33. The van der Waals surface area contributed by atoms with E-state index >= 15 is 0 Å². The number of ether oxygens (including phenoxy) is 1. The summed E-state index contributed by atoms with van der Waals surface area (Å²) in [6, 6.07) is 3.67. The summed E-state index contributed by atoms with van der Waals surface area (Å²) in [7, 11) is 0. The summed E-state index contributed by atoms with van der Waals surface area (Å²) in [4.78, 5) is 11.5. The summed E-state index contributed by atoms with van der Waals surface area (Å²) in [5, 5.41) is 10.5. The quantitative estimate of drug-likeness (QED) is 0.552. The van der Waals surface area contributed by atoms with Crippen LogP contribution >= 0.6 is 0 Å². The van der Waals surface area contributed by atoms with Crippen LogP contribution in [0.2, 0.25) is 0 Å². The van der Waals surface area contributed by atoms with Crippen molar-refractivity contribution in [1.82, 2.24) is 25.4 Å². The number of hydrogen-bond donors (Lipinski definition) is 2. The van der Waals surface area contributed by atoms with Gasteiger partial charge in [0.2, 0.25) is 5.82 Å². The summed E-state index contributed by atoms with van der Waals surface area (Å²) in [5.41, 5.74) is 0. The first-order valence-electron chi connectivity index (χ1n) is 9.36. The number of aliphatic imine (C=N–C) groups is 1. The number of aromatic nitrogens is 3. The Labute approximate surface area is 154 Å². The van der Waals surface area contributed by atoms with Gasteiger partial charge in [-0.2, -0.15) is 5.10 Å². The van der Waals surface area contributed by atoms with Crippen molar-refractivity contribution >= 4 is 5.96 Å². The molecule has 1 saturated heterocycles. The van der Waals surface area contributed by atoms with Crippen LogP contribution in [-0.2, 0) is 11.2 Å². The van der Waals surface area contributed by atoms with Gasteiger partial charge >= 0.3 is 0 Å². The summed E-state index contributed by atoms with van der Waals surface area (Å²) in [6.07, 6.45) is 3.48. The summed E-state index contributed by atoms with van der Waals surface area (Å²) in [5.74, 6) is 3.62. The lowest BCUT2D eigenvalue weighted by atomic mass is 10.1. The fourth-order valence-electron chi connectivity index (χ4n) is 3.06. The first kappa shape index (κ1) is 18.4. The molecule has 2 aromatic rings. The molecule has 0 bridgehead atoms. The van der Waals surface area contributed by atoms with Gasteiger partial charge in [0.05, 0.1) is 12.9 Å². The molecule has 1 atom stereocenters. The smallest absolute Gasteiger partial charge is 0.216 e. The summed E-state index contributed by atoms with van der Waals surface area (Å²) in [6.45, 7) is 9.28. The van der Waals surface area contributed by atoms with Crippen LogP contribution in [0, 0.1) is 5.92 Å². The first-order valence-corrected chi connectivity index (χ1v) is 9.36. The number of likely N-dealkylation sites (tertiary alicyclic amines) is 1. The van der Waals surface area contributed by atoms with Gasteiger partial charge in [-0.3, -0.25) is 10.1 Å². The monoisotopic (exact) mass is 360 g/mol. The van der Waals surface area contributed by atoms with E-state index in [4.69, 9.17) is 14.1 Å². The van der Waals surface area contributed by atoms with Gasteiger partial charge in [0, 0.05) is 45.1 Å². The Morgan fingerprint density at radius 2 is 2.42 bits per heavy atom. The van der Waals surface area contributed by atoms with E-state index in [0.29, 0.717) is 30.5 Å². The minimum Gasteiger partial charge on any atom is -0.461 e. The molecule has 0 aliphatic carbocycles. The Hall–Kier alpha value is -2.35. The Morgan fingerprint density at radius 1 is 1.50 bits per heavy atom. The van der Waals surface area contributed by atoms with Gasteiger partial charge < -0.3 is 19.4 Å². The van der Waals surface area contributed by atoms with Crippen LogP contribution in [0.1, 0.15) is 26.1 Å². The van der Waals surface area contributed by atoms with Crippen molar-refractivity contribution in [3.63, 3.8) is 0 Å². The lowest BCUT2D eigenvalue weighted by Gasteiger charge is -2.21. The Morgan fingerprint density at radius 3 is 3.19 bits per heavy atom. The molecule has 0 radical (unpaired) electrons. The van der Waals surface area contributed by atoms with Crippen molar-refractivity contribution in [3.05, 3.63) is 24.2 Å². The molecular formula is C18H28N6O2. The maximum atomic E-state index is 5.56. The number of H-pyrrole nitrogens is 1. The van der Waals surface area contributed by atoms with E-state index in [0.717, 1.165) is 51.1 Å². The van der Waals surface area contributed by atoms with Crippen LogP contribution in [-0.4, -0.2) is 65.4 Å². The predicted molar refractivity (Wildman–Crippen MR) is 99.9 cm³/mol. The molecule has 142 valence electrons. The second-order valence-corrected chi connectivity index (χ2v) is 6.33. The first-order chi connectivity index (χ1) is 12.8. The van der Waals surface area contributed by atoms with Gasteiger partial charge in [-0.05, 0) is 32.4 Å². The molecule has 1 aliphatic heterocycles. The predicted octanol–water partition coefficient (Wildman–Crippen LogP) is 1.93. The Bertz CT molecular complexity index is 682. The largest absolute Gasteiger partial charge is 0.461 e. The molecule has 2 N–H and O–H groups in total. The van der Waals surface area contributed by atoms with E-state index in [9.17, 15) is 0 Å². The fraction of sp³-hybridized carbons (Fsp3) is 0.611. The topological polar surface area (TPSA) is 91.6 Å². The SMILES string of the molecule is CCNC(=NCCc1nc(-c2ccco2)n[nH]1)N1CCC(COCC)C1. The standard InChI is InChI=1S/C18H28N6O2/c1-3-19-18(24-10-8-14(12-24)13-25-4-2)20-9-7-16-21-17(23-22-16)15-6-5-11-26-15/h5-6,11,14H,3-4,7-10,12-13H2,1-2H3,(H,19,20)(H,21,22,23). The molecular weight excluding hydrogens is 332 g/mol. The molecule has 0 saturated carbocycles. The lowest BCUT2D eigenvalue weighted by Crippen LogP contribution is -2.40. The van der Waals surface area contributed by atoms with E-state index < -0.39 is 0 Å². The summed E-state index contributed by atoms with van der Waals surface area (Å²) < 4.78 is 10.9. The molecule has 8 nitrogen and oxygen atoms in total. The van der Waals surface area contributed by atoms with Crippen molar-refractivity contribution in [3.8, 4) is 11.6 Å². The molecule has 1 fully saturated rings. The van der Waals surface area contributed by atoms with Crippen LogP contribution in [0.25, 0.3) is 11.6 Å². The van der Waals surface area contributed by atoms with Crippen LogP contribution in [0.15, 0.2) is 27.8 Å². The van der Waals surface area contributed by atoms with E-state index in [1.165, 1.54) is 0 Å². The molecule has 3 rings (SSSR count). The van der Waals surface area contributed by atoms with Gasteiger partial charge in [0.15, 0.2) is 11.7 Å². The van der Waals surface area contributed by atoms with E-state index in [1.54, 1.807) is 6.26 Å². The van der Waals surface area contributed by atoms with Crippen LogP contribution in [0.5, 0.6) is 0 Å². The second kappa shape index (κ2) is 9.38. The van der Waals surface area contributed by atoms with Crippen molar-refractivity contribution in [1.29, 1.82) is 0 Å². The lowest BCUT2D eigenvalue weighted by molar-refractivity contribution is 0.114. The van der Waals surface area contributed by atoms with Crippen LogP contribution in [0.4, 0.5) is 0 Å². The number of guanidine groups is 1. The minimum absolute atomic E-state index is 0.583. The third kappa shape index (κ3) is 4.85. The maximum Gasteiger partial charge on any atom is 0.216 e. The molecule has 0 amide bonds. The zero-order chi connectivity index (χ0) is 18.2. The van der Waals surface area contributed by atoms with E-state index in [1.807, 2.05) is 19.1 Å². The highest BCUT2D eigenvalue weighted by atomic mass is 16.5. The zero-order valence-corrected chi connectivity index (χ0v) is 15.6. The summed E-state index contributed by atoms with van der Waals surface area (Å²) >= 11 is 0. The number of furan rings is 1. The van der Waals surface area contributed by atoms with Crippen molar-refractivity contribution in [2.45, 2.75) is 26.7 Å². The minimum atomic E-state index is 0.583. The average Bonchev–Trinajstić information content (AvgIpc) is 3.40. The molecule has 2 aromatic heterocycles. The van der Waals surface area contributed by atoms with Gasteiger partial charge in [0.1, 0.15) is 5.82 Å². The molecule has 8 heteroatoms. The fourth-order valence-corrected chi connectivity index (χ4v) is 3.06. The highest BCUT2D eigenvalue weighted by Gasteiger charge is 2.24. The number of rotatable bonds is 8. The highest BCUT2D eigenvalue weighted by Crippen LogP contribution is 2.17. The molecule has 1 aliphatic rings. The number of nitrogens with one attached hydrogen (secondary N) is 2. The van der Waals surface area contributed by atoms with Crippen LogP contribution < -0.4 is 5.32 Å². The third-order valence-electron chi connectivity index (χ3n) is 4.36. The number of aromatic amines is 1. The van der Waals surface area contributed by atoms with Gasteiger partial charge in [-0.25, -0.2) is 4.98 Å². The average molecular weight is 360 g/mol. The van der Waals surface area contributed by atoms with Crippen molar-refractivity contribution in [2.24, 2.45) is 10.9 Å². The third-order valence-corrected chi connectivity index (χ3v) is 4.36. The van der Waals surface area contributed by atoms with E-state index in [-0.39, 0.29) is 0 Å². The molecule has 3 heterocycles. The van der Waals surface area contributed by atoms with E-state index in [2.05, 4.69) is 32.3 Å². The van der Waals surface area contributed by atoms with Gasteiger partial charge in [0.25, 0.3) is 0 Å². The Kier molecular flexibility index (Phi) is 6.65. The molecule has 0 spiro atoms. The molecule has 1 unspecified atom stereocenters. The normalized spacial score (nSPS) is 17.8. The maximum absolute atomic E-state index is 5.56. The highest BCUT2D eigenvalue weighted by molar-refractivity contribution is 5.80. The number of nitrogens with zero attached hydrogens (tertiary/aromatic N) is 4. The van der Waals surface area contributed by atoms with Crippen molar-refractivity contribution in [2.75, 3.05) is 39.4 Å². The number of hydrogen-bond acceptors (Lipinski definition) is 5. The van der Waals surface area contributed by atoms with Gasteiger partial charge in [-0.1, -0.05) is 0 Å². The zero-order valence-electron chi connectivity index (χ0n) is 15.6. The molecule has 26 heavy (non-hydrogen) atoms. The van der Waals surface area contributed by atoms with Gasteiger partial charge in [-0.15, -0.1) is 0 Å². The van der Waals surface area contributed by atoms with Crippen LogP contribution in [0.3, 0.4) is 0 Å². The van der Waals surface area contributed by atoms with Crippen molar-refractivity contribution < 1.29 is 9.15 Å². The Balaban J connectivity index is 1.53. The molecule has 0 aromatic carbocycles.